The normalized spacial score (nSPS) is 24.7. The second kappa shape index (κ2) is 50.9. The SMILES string of the molecule is CCCCC/C=C\C/C=C\C/C=C\CCCCCCCCC(=O)NC(COC1OC(CO)C(OC2OC(CO)C(O)C(O)C2O)C(O)C1O)C(O)/C=C/CC/C=C/CC/C=C/CCCCCCCCCCCCCCCCCCC. The van der Waals surface area contributed by atoms with Crippen LogP contribution in [-0.2, 0) is 23.7 Å². The third-order valence-corrected chi connectivity index (χ3v) is 15.3. The van der Waals surface area contributed by atoms with Crippen molar-refractivity contribution < 1.29 is 64.6 Å². The van der Waals surface area contributed by atoms with E-state index in [1.54, 1.807) is 6.08 Å². The summed E-state index contributed by atoms with van der Waals surface area (Å²) in [6.45, 7) is 2.75. The lowest BCUT2D eigenvalue weighted by Gasteiger charge is -2.46. The van der Waals surface area contributed by atoms with Gasteiger partial charge in [-0.05, 0) is 83.5 Å². The minimum Gasteiger partial charge on any atom is -0.394 e. The van der Waals surface area contributed by atoms with Crippen molar-refractivity contribution in [3.63, 3.8) is 0 Å². The summed E-state index contributed by atoms with van der Waals surface area (Å²) in [5, 5.41) is 87.2. The van der Waals surface area contributed by atoms with E-state index in [9.17, 15) is 45.6 Å². The van der Waals surface area contributed by atoms with Gasteiger partial charge in [0, 0.05) is 6.42 Å². The summed E-state index contributed by atoms with van der Waals surface area (Å²) in [6.07, 6.45) is 50.9. The van der Waals surface area contributed by atoms with E-state index in [1.165, 1.54) is 135 Å². The average molecular weight is 1130 g/mol. The van der Waals surface area contributed by atoms with Crippen molar-refractivity contribution in [3.8, 4) is 0 Å². The monoisotopic (exact) mass is 1130 g/mol. The van der Waals surface area contributed by atoms with Crippen LogP contribution in [0.2, 0.25) is 0 Å². The van der Waals surface area contributed by atoms with Gasteiger partial charge in [-0.3, -0.25) is 4.79 Å². The highest BCUT2D eigenvalue weighted by molar-refractivity contribution is 5.76. The van der Waals surface area contributed by atoms with Gasteiger partial charge in [-0.25, -0.2) is 0 Å². The first-order valence-electron chi connectivity index (χ1n) is 32.2. The molecule has 2 heterocycles. The van der Waals surface area contributed by atoms with E-state index in [1.807, 2.05) is 6.08 Å². The first-order valence-corrected chi connectivity index (χ1v) is 32.2. The van der Waals surface area contributed by atoms with Gasteiger partial charge in [0.25, 0.3) is 0 Å². The number of carbonyl (C=O) groups is 1. The Hall–Kier alpha value is -2.57. The van der Waals surface area contributed by atoms with E-state index >= 15 is 0 Å². The Morgan fingerprint density at radius 3 is 1.34 bits per heavy atom. The van der Waals surface area contributed by atoms with Gasteiger partial charge in [0.1, 0.15) is 48.8 Å². The van der Waals surface area contributed by atoms with Crippen LogP contribution < -0.4 is 5.32 Å². The molecule has 12 unspecified atom stereocenters. The van der Waals surface area contributed by atoms with Crippen LogP contribution in [0, 0.1) is 0 Å². The number of rotatable bonds is 51. The summed E-state index contributed by atoms with van der Waals surface area (Å²) in [6, 6.07) is -0.950. The van der Waals surface area contributed by atoms with Crippen molar-refractivity contribution in [1.29, 1.82) is 0 Å². The fourth-order valence-corrected chi connectivity index (χ4v) is 10.2. The van der Waals surface area contributed by atoms with Gasteiger partial charge in [-0.2, -0.15) is 0 Å². The summed E-state index contributed by atoms with van der Waals surface area (Å²) in [7, 11) is 0. The fraction of sp³-hybridized carbons (Fsp3) is 0.803. The summed E-state index contributed by atoms with van der Waals surface area (Å²) in [5.41, 5.74) is 0. The van der Waals surface area contributed by atoms with Crippen molar-refractivity contribution in [2.45, 2.75) is 319 Å². The molecule has 14 heteroatoms. The highest BCUT2D eigenvalue weighted by atomic mass is 16.7. The third-order valence-electron chi connectivity index (χ3n) is 15.3. The summed E-state index contributed by atoms with van der Waals surface area (Å²) in [5.74, 6) is -0.267. The van der Waals surface area contributed by atoms with Crippen LogP contribution in [0.3, 0.4) is 0 Å². The van der Waals surface area contributed by atoms with Crippen LogP contribution in [0.1, 0.15) is 245 Å². The van der Waals surface area contributed by atoms with Gasteiger partial charge in [-0.15, -0.1) is 0 Å². The Labute approximate surface area is 485 Å². The number of hydrogen-bond donors (Lipinski definition) is 9. The minimum atomic E-state index is -1.80. The lowest BCUT2D eigenvalue weighted by Crippen LogP contribution is -2.65. The van der Waals surface area contributed by atoms with E-state index in [2.05, 4.69) is 79.9 Å². The topological polar surface area (TPSA) is 228 Å². The standard InChI is InChI=1S/C66H117NO13/c1-3-5-7-9-11-13-15-17-19-21-23-24-25-26-27-28-29-30-32-33-35-37-39-41-43-45-47-49-55(70)54(67-58(71)50-48-46-44-42-40-38-36-34-31-22-20-18-16-14-12-10-8-6-4-2)53-77-65-63(76)61(74)64(57(52-69)79-65)80-66-62(75)60(73)59(72)56(51-68)78-66/h12,14,18,20,31-34,39,41,47,49,54-57,59-66,68-70,72-76H,3-11,13,15-17,19,21-30,35-38,40,42-46,48,50-53H2,1-2H3,(H,67,71)/b14-12-,20-18-,33-32+,34-31-,41-39+,49-47+. The Balaban J connectivity index is 1.76. The van der Waals surface area contributed by atoms with E-state index in [0.717, 1.165) is 77.0 Å². The lowest BCUT2D eigenvalue weighted by molar-refractivity contribution is -0.359. The van der Waals surface area contributed by atoms with Crippen molar-refractivity contribution in [3.05, 3.63) is 72.9 Å². The molecule has 2 aliphatic rings. The van der Waals surface area contributed by atoms with Crippen molar-refractivity contribution in [2.24, 2.45) is 0 Å². The molecule has 464 valence electrons. The molecule has 0 bridgehead atoms. The van der Waals surface area contributed by atoms with Gasteiger partial charge in [0.2, 0.25) is 5.91 Å². The molecule has 0 radical (unpaired) electrons. The third kappa shape index (κ3) is 35.5. The van der Waals surface area contributed by atoms with Crippen LogP contribution >= 0.6 is 0 Å². The first-order chi connectivity index (χ1) is 39.1. The van der Waals surface area contributed by atoms with Crippen LogP contribution in [0.4, 0.5) is 0 Å². The van der Waals surface area contributed by atoms with Crippen LogP contribution in [0.25, 0.3) is 0 Å². The number of aliphatic hydroxyl groups excluding tert-OH is 8. The number of allylic oxidation sites excluding steroid dienone is 11. The Morgan fingerprint density at radius 2 is 0.838 bits per heavy atom. The molecule has 1 amide bonds. The maximum atomic E-state index is 13.3. The zero-order valence-electron chi connectivity index (χ0n) is 50.1. The Kier molecular flexibility index (Phi) is 46.8. The van der Waals surface area contributed by atoms with Crippen LogP contribution in [0.5, 0.6) is 0 Å². The molecule has 80 heavy (non-hydrogen) atoms. The molecule has 0 aliphatic carbocycles. The number of hydrogen-bond acceptors (Lipinski definition) is 13. The van der Waals surface area contributed by atoms with Gasteiger partial charge < -0.3 is 65.1 Å². The number of nitrogens with one attached hydrogen (secondary N) is 1. The second-order valence-corrected chi connectivity index (χ2v) is 22.5. The van der Waals surface area contributed by atoms with E-state index in [0.29, 0.717) is 12.8 Å². The fourth-order valence-electron chi connectivity index (χ4n) is 10.2. The van der Waals surface area contributed by atoms with Gasteiger partial charge >= 0.3 is 0 Å². The smallest absolute Gasteiger partial charge is 0.220 e. The Bertz CT molecular complexity index is 1620. The number of unbranched alkanes of at least 4 members (excludes halogenated alkanes) is 28. The number of ether oxygens (including phenoxy) is 4. The predicted octanol–water partition coefficient (Wildman–Crippen LogP) is 11.9. The molecule has 2 aliphatic heterocycles. The molecule has 12 atom stereocenters. The first kappa shape index (κ1) is 73.5. The highest BCUT2D eigenvalue weighted by Gasteiger charge is 2.51. The molecular weight excluding hydrogens is 1010 g/mol. The summed E-state index contributed by atoms with van der Waals surface area (Å²) in [4.78, 5) is 13.3. The average Bonchev–Trinajstić information content (AvgIpc) is 3.48. The lowest BCUT2D eigenvalue weighted by atomic mass is 9.97. The van der Waals surface area contributed by atoms with Gasteiger partial charge in [-0.1, -0.05) is 228 Å². The Morgan fingerprint density at radius 1 is 0.450 bits per heavy atom. The molecule has 0 aromatic rings. The zero-order valence-corrected chi connectivity index (χ0v) is 50.1. The molecule has 0 saturated carbocycles. The molecule has 2 rings (SSSR count). The van der Waals surface area contributed by atoms with Gasteiger partial charge in [0.15, 0.2) is 12.6 Å². The van der Waals surface area contributed by atoms with Crippen LogP contribution in [0.15, 0.2) is 72.9 Å². The van der Waals surface area contributed by atoms with Crippen molar-refractivity contribution in [2.75, 3.05) is 19.8 Å². The van der Waals surface area contributed by atoms with Gasteiger partial charge in [0.05, 0.1) is 32.0 Å². The van der Waals surface area contributed by atoms with E-state index in [4.69, 9.17) is 18.9 Å². The number of aliphatic hydroxyl groups is 8. The predicted molar refractivity (Wildman–Crippen MR) is 323 cm³/mol. The molecule has 0 spiro atoms. The molecule has 14 nitrogen and oxygen atoms in total. The largest absolute Gasteiger partial charge is 0.394 e. The molecular formula is C66H117NO13. The number of carbonyl (C=O) groups excluding carboxylic acids is 1. The number of amides is 1. The molecule has 2 saturated heterocycles. The van der Waals surface area contributed by atoms with Crippen molar-refractivity contribution >= 4 is 5.91 Å². The maximum Gasteiger partial charge on any atom is 0.220 e. The van der Waals surface area contributed by atoms with Crippen LogP contribution in [-0.4, -0.2) is 140 Å². The quantitative estimate of drug-likeness (QED) is 0.0204. The zero-order chi connectivity index (χ0) is 58.1. The highest BCUT2D eigenvalue weighted by Crippen LogP contribution is 2.30. The maximum absolute atomic E-state index is 13.3. The molecule has 0 aromatic heterocycles. The minimum absolute atomic E-state index is 0.252. The summed E-state index contributed by atoms with van der Waals surface area (Å²) >= 11 is 0. The molecule has 2 fully saturated rings. The molecule has 9 N–H and O–H groups in total. The van der Waals surface area contributed by atoms with Crippen molar-refractivity contribution in [1.82, 2.24) is 5.32 Å². The van der Waals surface area contributed by atoms with E-state index in [-0.39, 0.29) is 18.9 Å². The molecule has 0 aromatic carbocycles. The van der Waals surface area contributed by atoms with E-state index < -0.39 is 86.8 Å². The second-order valence-electron chi connectivity index (χ2n) is 22.5. The summed E-state index contributed by atoms with van der Waals surface area (Å²) < 4.78 is 22.8.